The monoisotopic (exact) mass is 305 g/mol. The van der Waals surface area contributed by atoms with E-state index in [2.05, 4.69) is 56.1 Å². The standard InChI is InChI=1S/C17H31N5/c1-7-18-15(22-13-16(2,3)17(22,4)5)19-10-8-9-14-11-20-21(6)12-14/h11-12H,7-10,13H2,1-6H3,(H,18,19). The third kappa shape index (κ3) is 3.28. The molecule has 1 aromatic rings. The van der Waals surface area contributed by atoms with Crippen molar-refractivity contribution >= 4 is 5.96 Å². The first-order valence-corrected chi connectivity index (χ1v) is 8.31. The molecule has 124 valence electrons. The number of aromatic nitrogens is 2. The van der Waals surface area contributed by atoms with Gasteiger partial charge in [-0.15, -0.1) is 0 Å². The zero-order valence-electron chi connectivity index (χ0n) is 15.0. The smallest absolute Gasteiger partial charge is 0.194 e. The van der Waals surface area contributed by atoms with Gasteiger partial charge in [0.15, 0.2) is 5.96 Å². The van der Waals surface area contributed by atoms with Crippen LogP contribution in [0.15, 0.2) is 17.4 Å². The fraction of sp³-hybridized carbons (Fsp3) is 0.765. The molecule has 0 aromatic carbocycles. The van der Waals surface area contributed by atoms with Gasteiger partial charge in [-0.3, -0.25) is 9.67 Å². The van der Waals surface area contributed by atoms with Gasteiger partial charge in [0, 0.05) is 43.8 Å². The SMILES string of the molecule is CCNC(=NCCCc1cnn(C)c1)N1CC(C)(C)C1(C)C. The summed E-state index contributed by atoms with van der Waals surface area (Å²) in [5, 5.41) is 7.65. The van der Waals surface area contributed by atoms with Crippen LogP contribution in [-0.4, -0.2) is 45.8 Å². The number of nitrogens with zero attached hydrogens (tertiary/aromatic N) is 4. The maximum absolute atomic E-state index is 4.82. The van der Waals surface area contributed by atoms with Crippen molar-refractivity contribution in [3.8, 4) is 0 Å². The lowest BCUT2D eigenvalue weighted by atomic mass is 9.65. The number of hydrogen-bond acceptors (Lipinski definition) is 2. The van der Waals surface area contributed by atoms with E-state index in [-0.39, 0.29) is 5.54 Å². The Morgan fingerprint density at radius 2 is 2.09 bits per heavy atom. The highest BCUT2D eigenvalue weighted by Gasteiger charge is 2.53. The van der Waals surface area contributed by atoms with Crippen LogP contribution in [0.5, 0.6) is 0 Å². The summed E-state index contributed by atoms with van der Waals surface area (Å²) in [6, 6.07) is 0. The van der Waals surface area contributed by atoms with Crippen LogP contribution in [0.25, 0.3) is 0 Å². The number of aryl methyl sites for hydroxylation is 2. The molecule has 0 spiro atoms. The van der Waals surface area contributed by atoms with Crippen molar-refractivity contribution in [3.05, 3.63) is 18.0 Å². The van der Waals surface area contributed by atoms with Gasteiger partial charge in [-0.2, -0.15) is 5.10 Å². The molecule has 1 N–H and O–H groups in total. The van der Waals surface area contributed by atoms with Crippen LogP contribution in [0.1, 0.15) is 46.6 Å². The van der Waals surface area contributed by atoms with Gasteiger partial charge in [-0.05, 0) is 39.2 Å². The van der Waals surface area contributed by atoms with Crippen LogP contribution in [0.3, 0.4) is 0 Å². The molecule has 0 radical (unpaired) electrons. The highest BCUT2D eigenvalue weighted by Crippen LogP contribution is 2.46. The van der Waals surface area contributed by atoms with Gasteiger partial charge in [-0.25, -0.2) is 0 Å². The van der Waals surface area contributed by atoms with E-state index in [1.54, 1.807) is 0 Å². The lowest BCUT2D eigenvalue weighted by Crippen LogP contribution is -2.72. The topological polar surface area (TPSA) is 45.5 Å². The molecular weight excluding hydrogens is 274 g/mol. The number of hydrogen-bond donors (Lipinski definition) is 1. The summed E-state index contributed by atoms with van der Waals surface area (Å²) in [7, 11) is 1.96. The summed E-state index contributed by atoms with van der Waals surface area (Å²) in [4.78, 5) is 7.23. The average molecular weight is 305 g/mol. The van der Waals surface area contributed by atoms with Crippen molar-refractivity contribution in [2.24, 2.45) is 17.5 Å². The van der Waals surface area contributed by atoms with Crippen LogP contribution < -0.4 is 5.32 Å². The second-order valence-electron chi connectivity index (χ2n) is 7.39. The lowest BCUT2D eigenvalue weighted by molar-refractivity contribution is -0.0667. The molecule has 5 heteroatoms. The summed E-state index contributed by atoms with van der Waals surface area (Å²) in [5.74, 6) is 1.05. The highest BCUT2D eigenvalue weighted by molar-refractivity contribution is 5.82. The number of aliphatic imine (C=N–C) groups is 1. The molecule has 0 saturated carbocycles. The quantitative estimate of drug-likeness (QED) is 0.516. The van der Waals surface area contributed by atoms with Gasteiger partial charge in [0.2, 0.25) is 0 Å². The number of nitrogens with one attached hydrogen (secondary N) is 1. The van der Waals surface area contributed by atoms with Crippen LogP contribution in [0, 0.1) is 5.41 Å². The van der Waals surface area contributed by atoms with Crippen LogP contribution in [0.2, 0.25) is 0 Å². The van der Waals surface area contributed by atoms with E-state index < -0.39 is 0 Å². The molecule has 0 bridgehead atoms. The first-order valence-electron chi connectivity index (χ1n) is 8.31. The zero-order chi connectivity index (χ0) is 16.4. The molecule has 1 aliphatic rings. The van der Waals surface area contributed by atoms with E-state index in [1.807, 2.05) is 17.9 Å². The predicted molar refractivity (Wildman–Crippen MR) is 92.1 cm³/mol. The zero-order valence-corrected chi connectivity index (χ0v) is 15.0. The van der Waals surface area contributed by atoms with Gasteiger partial charge in [0.25, 0.3) is 0 Å². The normalized spacial score (nSPS) is 19.9. The third-order valence-electron chi connectivity index (χ3n) is 5.12. The molecule has 0 atom stereocenters. The van der Waals surface area contributed by atoms with Gasteiger partial charge in [0.05, 0.1) is 6.20 Å². The first-order chi connectivity index (χ1) is 10.3. The van der Waals surface area contributed by atoms with Crippen LogP contribution >= 0.6 is 0 Å². The summed E-state index contributed by atoms with van der Waals surface area (Å²) in [6.07, 6.45) is 6.11. The Balaban J connectivity index is 1.91. The molecule has 1 saturated heterocycles. The minimum Gasteiger partial charge on any atom is -0.356 e. The number of likely N-dealkylation sites (tertiary alicyclic amines) is 1. The second kappa shape index (κ2) is 6.31. The maximum Gasteiger partial charge on any atom is 0.194 e. The van der Waals surface area contributed by atoms with Crippen molar-refractivity contribution < 1.29 is 0 Å². The van der Waals surface area contributed by atoms with Crippen LogP contribution in [-0.2, 0) is 13.5 Å². The molecule has 0 unspecified atom stereocenters. The van der Waals surface area contributed by atoms with E-state index in [4.69, 9.17) is 4.99 Å². The lowest BCUT2D eigenvalue weighted by Gasteiger charge is -2.62. The highest BCUT2D eigenvalue weighted by atomic mass is 15.4. The van der Waals surface area contributed by atoms with Gasteiger partial charge in [0.1, 0.15) is 0 Å². The Hall–Kier alpha value is -1.52. The molecule has 2 heterocycles. The Morgan fingerprint density at radius 1 is 1.36 bits per heavy atom. The Morgan fingerprint density at radius 3 is 2.59 bits per heavy atom. The molecule has 22 heavy (non-hydrogen) atoms. The van der Waals surface area contributed by atoms with Gasteiger partial charge in [-0.1, -0.05) is 13.8 Å². The maximum atomic E-state index is 4.82. The molecule has 0 amide bonds. The Labute approximate surface area is 134 Å². The van der Waals surface area contributed by atoms with E-state index in [1.165, 1.54) is 5.56 Å². The molecule has 2 rings (SSSR count). The molecule has 5 nitrogen and oxygen atoms in total. The van der Waals surface area contributed by atoms with Gasteiger partial charge < -0.3 is 10.2 Å². The Bertz CT molecular complexity index is 527. The molecule has 0 aliphatic carbocycles. The largest absolute Gasteiger partial charge is 0.356 e. The van der Waals surface area contributed by atoms with Crippen molar-refractivity contribution in [1.82, 2.24) is 20.0 Å². The summed E-state index contributed by atoms with van der Waals surface area (Å²) in [6.45, 7) is 14.2. The fourth-order valence-electron chi connectivity index (χ4n) is 2.86. The second-order valence-corrected chi connectivity index (χ2v) is 7.39. The summed E-state index contributed by atoms with van der Waals surface area (Å²) in [5.41, 5.74) is 1.77. The van der Waals surface area contributed by atoms with E-state index in [9.17, 15) is 0 Å². The molecule has 1 aromatic heterocycles. The Kier molecular flexibility index (Phi) is 4.83. The molecular formula is C17H31N5. The van der Waals surface area contributed by atoms with Crippen molar-refractivity contribution in [3.63, 3.8) is 0 Å². The third-order valence-corrected chi connectivity index (χ3v) is 5.12. The minimum atomic E-state index is 0.150. The fourth-order valence-corrected chi connectivity index (χ4v) is 2.86. The first kappa shape index (κ1) is 16.8. The molecule has 1 aliphatic heterocycles. The number of rotatable bonds is 5. The average Bonchev–Trinajstić information content (AvgIpc) is 2.85. The number of guanidine groups is 1. The van der Waals surface area contributed by atoms with E-state index in [0.717, 1.165) is 38.4 Å². The van der Waals surface area contributed by atoms with Crippen molar-refractivity contribution in [2.45, 2.75) is 53.0 Å². The van der Waals surface area contributed by atoms with Gasteiger partial charge >= 0.3 is 0 Å². The van der Waals surface area contributed by atoms with Crippen molar-refractivity contribution in [1.29, 1.82) is 0 Å². The molecule has 1 fully saturated rings. The summed E-state index contributed by atoms with van der Waals surface area (Å²) < 4.78 is 1.85. The van der Waals surface area contributed by atoms with Crippen LogP contribution in [0.4, 0.5) is 0 Å². The van der Waals surface area contributed by atoms with Crippen molar-refractivity contribution in [2.75, 3.05) is 19.6 Å². The minimum absolute atomic E-state index is 0.150. The summed E-state index contributed by atoms with van der Waals surface area (Å²) >= 11 is 0. The predicted octanol–water partition coefficient (Wildman–Crippen LogP) is 2.44. The van der Waals surface area contributed by atoms with E-state index in [0.29, 0.717) is 5.41 Å². The van der Waals surface area contributed by atoms with E-state index >= 15 is 0 Å².